The van der Waals surface area contributed by atoms with E-state index in [-0.39, 0.29) is 27.7 Å². The van der Waals surface area contributed by atoms with Crippen LogP contribution in [0.4, 0.5) is 0 Å². The molecule has 12 heteroatoms. The summed E-state index contributed by atoms with van der Waals surface area (Å²) in [6.45, 7) is 16.2. The minimum atomic E-state index is -4.98. The van der Waals surface area contributed by atoms with Crippen LogP contribution in [-0.4, -0.2) is 54.0 Å². The normalized spacial score (nSPS) is 13.4. The molecule has 0 spiro atoms. The average molecular weight is 692 g/mol. The van der Waals surface area contributed by atoms with E-state index in [2.05, 4.69) is 5.32 Å². The van der Waals surface area contributed by atoms with Gasteiger partial charge in [-0.05, 0) is 135 Å². The van der Waals surface area contributed by atoms with Gasteiger partial charge in [0.25, 0.3) is 20.0 Å². The molecule has 254 valence electrons. The summed E-state index contributed by atoms with van der Waals surface area (Å²) in [6.07, 6.45) is 1.17. The highest BCUT2D eigenvalue weighted by molar-refractivity contribution is 8.05. The molecule has 46 heavy (non-hydrogen) atoms. The molecule has 1 unspecified atom stereocenters. The largest absolute Gasteiger partial charge is 0.330 e. The van der Waals surface area contributed by atoms with Gasteiger partial charge in [0.05, 0.1) is 14.7 Å². The second-order valence-corrected chi connectivity index (χ2v) is 18.2. The Bertz CT molecular complexity index is 1780. The molecule has 3 N–H and O–H groups in total. The van der Waals surface area contributed by atoms with Crippen molar-refractivity contribution in [3.05, 3.63) is 86.5 Å². The van der Waals surface area contributed by atoms with E-state index >= 15 is 0 Å². The van der Waals surface area contributed by atoms with Gasteiger partial charge < -0.3 is 11.1 Å². The van der Waals surface area contributed by atoms with Crippen LogP contribution in [0.1, 0.15) is 69.3 Å². The van der Waals surface area contributed by atoms with Gasteiger partial charge in [-0.25, -0.2) is 25.3 Å². The van der Waals surface area contributed by atoms with Crippen molar-refractivity contribution in [1.82, 2.24) is 9.03 Å². The van der Waals surface area contributed by atoms with Gasteiger partial charge in [0.15, 0.2) is 9.84 Å². The average Bonchev–Trinajstić information content (AvgIpc) is 2.87. The number of sulfone groups is 1. The maximum absolute atomic E-state index is 15.0. The molecule has 9 nitrogen and oxygen atoms in total. The molecule has 0 radical (unpaired) electrons. The van der Waals surface area contributed by atoms with Crippen molar-refractivity contribution in [2.75, 3.05) is 19.6 Å². The van der Waals surface area contributed by atoms with Gasteiger partial charge in [0.2, 0.25) is 0 Å². The van der Waals surface area contributed by atoms with Crippen LogP contribution in [-0.2, 0) is 29.9 Å². The Labute approximate surface area is 276 Å². The van der Waals surface area contributed by atoms with Crippen molar-refractivity contribution < 1.29 is 25.3 Å². The van der Waals surface area contributed by atoms with Gasteiger partial charge in [-0.3, -0.25) is 0 Å². The van der Waals surface area contributed by atoms with Crippen LogP contribution in [0.2, 0.25) is 0 Å². The van der Waals surface area contributed by atoms with Crippen LogP contribution >= 0.6 is 0 Å². The molecule has 3 aromatic rings. The number of nitrogens with two attached hydrogens (primary N) is 1. The summed E-state index contributed by atoms with van der Waals surface area (Å²) in [6, 6.07) is 10.0. The number of nitrogens with zero attached hydrogens (tertiary/aromatic N) is 1. The molecule has 0 bridgehead atoms. The highest BCUT2D eigenvalue weighted by Crippen LogP contribution is 2.38. The zero-order valence-corrected chi connectivity index (χ0v) is 30.9. The van der Waals surface area contributed by atoms with Crippen molar-refractivity contribution >= 4 is 29.9 Å². The van der Waals surface area contributed by atoms with Gasteiger partial charge in [-0.15, -0.1) is 0 Å². The maximum atomic E-state index is 15.0. The highest BCUT2D eigenvalue weighted by atomic mass is 32.3. The van der Waals surface area contributed by atoms with Gasteiger partial charge in [0.1, 0.15) is 5.37 Å². The van der Waals surface area contributed by atoms with E-state index in [4.69, 9.17) is 5.73 Å². The third-order valence-electron chi connectivity index (χ3n) is 8.06. The number of rotatable bonds is 14. The lowest BCUT2D eigenvalue weighted by molar-refractivity contribution is 0.443. The van der Waals surface area contributed by atoms with E-state index in [0.717, 1.165) is 29.5 Å². The van der Waals surface area contributed by atoms with Crippen molar-refractivity contribution in [3.63, 3.8) is 0 Å². The molecule has 0 heterocycles. The molecule has 3 aromatic carbocycles. The number of nitrogens with one attached hydrogen (secondary N) is 1. The standard InChI is InChI=1S/C34H49N3O6S3/c1-22-16-25(4)32(26(5)17-22)44(38,39)31(12-15-36-14-11-10-13-35)37(45(40,41)33-27(6)18-23(2)19-28(33)7)46(42,43)34-29(8)20-24(3)21-30(34)9/h16-21,31,36H,10-15,35H2,1-9H3. The van der Waals surface area contributed by atoms with Crippen LogP contribution < -0.4 is 11.1 Å². The SMILES string of the molecule is Cc1cc(C)c(S(=O)(=O)C(CCNCCCCN)N(S(=O)(=O)c2c(C)cc(C)cc2C)S(=O)(=O)c2c(C)cc(C)cc2C)c(C)c1. The van der Waals surface area contributed by atoms with Crippen LogP contribution in [0.5, 0.6) is 0 Å². The Morgan fingerprint density at radius 2 is 0.913 bits per heavy atom. The lowest BCUT2D eigenvalue weighted by Crippen LogP contribution is -2.50. The predicted molar refractivity (Wildman–Crippen MR) is 185 cm³/mol. The summed E-state index contributed by atoms with van der Waals surface area (Å²) in [4.78, 5) is -0.522. The first-order valence-electron chi connectivity index (χ1n) is 15.5. The molecular formula is C34H49N3O6S3. The van der Waals surface area contributed by atoms with E-state index in [0.29, 0.717) is 50.2 Å². The fourth-order valence-electron chi connectivity index (χ4n) is 6.64. The molecule has 0 saturated carbocycles. The van der Waals surface area contributed by atoms with Gasteiger partial charge in [-0.2, -0.15) is 0 Å². The topological polar surface area (TPSA) is 144 Å². The van der Waals surface area contributed by atoms with Gasteiger partial charge in [0, 0.05) is 0 Å². The van der Waals surface area contributed by atoms with Gasteiger partial charge in [-0.1, -0.05) is 56.8 Å². The van der Waals surface area contributed by atoms with E-state index in [1.165, 1.54) is 0 Å². The predicted octanol–water partition coefficient (Wildman–Crippen LogP) is 5.36. The van der Waals surface area contributed by atoms with Crippen LogP contribution in [0.25, 0.3) is 0 Å². The number of benzene rings is 3. The molecule has 0 aromatic heterocycles. The number of unbranched alkanes of at least 4 members (excludes halogenated alkanes) is 1. The number of aryl methyl sites for hydroxylation is 9. The van der Waals surface area contributed by atoms with E-state index in [9.17, 15) is 25.3 Å². The number of hydrogen-bond acceptors (Lipinski definition) is 8. The van der Waals surface area contributed by atoms with Crippen LogP contribution in [0, 0.1) is 62.3 Å². The van der Waals surface area contributed by atoms with Crippen molar-refractivity contribution in [2.24, 2.45) is 5.73 Å². The fourth-order valence-corrected chi connectivity index (χ4v) is 14.5. The zero-order chi connectivity index (χ0) is 34.8. The maximum Gasteiger partial charge on any atom is 0.258 e. The second kappa shape index (κ2) is 14.7. The van der Waals surface area contributed by atoms with E-state index in [1.54, 1.807) is 77.9 Å². The monoisotopic (exact) mass is 691 g/mol. The Hall–Kier alpha value is -2.61. The first-order chi connectivity index (χ1) is 21.3. The fraction of sp³-hybridized carbons (Fsp3) is 0.471. The molecular weight excluding hydrogens is 643 g/mol. The molecule has 3 rings (SSSR count). The molecule has 0 fully saturated rings. The van der Waals surface area contributed by atoms with Crippen LogP contribution in [0.15, 0.2) is 51.1 Å². The van der Waals surface area contributed by atoms with Crippen molar-refractivity contribution in [1.29, 1.82) is 0 Å². The number of sulfonamides is 2. The number of hydrogen-bond donors (Lipinski definition) is 2. The first kappa shape index (κ1) is 37.8. The Morgan fingerprint density at radius 1 is 0.565 bits per heavy atom. The molecule has 1 atom stereocenters. The smallest absolute Gasteiger partial charge is 0.258 e. The molecule has 0 aliphatic carbocycles. The van der Waals surface area contributed by atoms with Gasteiger partial charge >= 0.3 is 0 Å². The van der Waals surface area contributed by atoms with E-state index in [1.807, 2.05) is 20.8 Å². The van der Waals surface area contributed by atoms with Crippen LogP contribution in [0.3, 0.4) is 0 Å². The summed E-state index contributed by atoms with van der Waals surface area (Å²) < 4.78 is 89.9. The van der Waals surface area contributed by atoms with Crippen molar-refractivity contribution in [2.45, 2.75) is 102 Å². The Morgan fingerprint density at radius 3 is 1.26 bits per heavy atom. The summed E-state index contributed by atoms with van der Waals surface area (Å²) in [5, 5.41) is 1.19. The summed E-state index contributed by atoms with van der Waals surface area (Å²) >= 11 is 0. The lowest BCUT2D eigenvalue weighted by Gasteiger charge is -2.32. The minimum absolute atomic E-state index is 0.0533. The lowest BCUT2D eigenvalue weighted by atomic mass is 10.1. The van der Waals surface area contributed by atoms with E-state index < -0.39 is 35.3 Å². The third kappa shape index (κ3) is 7.74. The summed E-state index contributed by atoms with van der Waals surface area (Å²) in [5.41, 5.74) is 10.2. The second-order valence-electron chi connectivity index (χ2n) is 12.5. The molecule has 0 aliphatic heterocycles. The minimum Gasteiger partial charge on any atom is -0.330 e. The summed E-state index contributed by atoms with van der Waals surface area (Å²) in [7, 11) is -14.6. The molecule has 0 amide bonds. The quantitative estimate of drug-likeness (QED) is 0.215. The molecule has 0 saturated heterocycles. The first-order valence-corrected chi connectivity index (χ1v) is 19.9. The Balaban J connectivity index is 2.46. The zero-order valence-electron chi connectivity index (χ0n) is 28.5. The Kier molecular flexibility index (Phi) is 12.1. The van der Waals surface area contributed by atoms with Crippen molar-refractivity contribution in [3.8, 4) is 0 Å². The molecule has 0 aliphatic rings. The highest BCUT2D eigenvalue weighted by Gasteiger charge is 2.50. The summed E-state index contributed by atoms with van der Waals surface area (Å²) in [5.74, 6) is 0. The third-order valence-corrected chi connectivity index (χ3v) is 15.7.